The Hall–Kier alpha value is -3.35. The van der Waals surface area contributed by atoms with Crippen molar-refractivity contribution in [2.24, 2.45) is 0 Å². The van der Waals surface area contributed by atoms with Crippen LogP contribution in [0, 0.1) is 12.7 Å². The second-order valence-corrected chi connectivity index (χ2v) is 5.95. The molecule has 0 atom stereocenters. The number of ether oxygens (including phenoxy) is 2. The first-order valence-electron chi connectivity index (χ1n) is 8.74. The highest BCUT2D eigenvalue weighted by Crippen LogP contribution is 2.33. The molecule has 0 saturated carbocycles. The normalized spacial score (nSPS) is 10.0. The van der Waals surface area contributed by atoms with E-state index in [1.54, 1.807) is 30.3 Å². The fourth-order valence-electron chi connectivity index (χ4n) is 2.46. The number of aromatic amines is 1. The number of benzene rings is 2. The average molecular weight is 386 g/mol. The van der Waals surface area contributed by atoms with Gasteiger partial charge in [0.2, 0.25) is 0 Å². The Morgan fingerprint density at radius 3 is 2.36 bits per heavy atom. The van der Waals surface area contributed by atoms with Crippen LogP contribution in [0.15, 0.2) is 42.5 Å². The van der Waals surface area contributed by atoms with Gasteiger partial charge in [-0.25, -0.2) is 4.39 Å². The van der Waals surface area contributed by atoms with Gasteiger partial charge in [-0.2, -0.15) is 0 Å². The first-order chi connectivity index (χ1) is 13.3. The Morgan fingerprint density at radius 2 is 1.79 bits per heavy atom. The van der Waals surface area contributed by atoms with Crippen molar-refractivity contribution in [1.29, 1.82) is 0 Å². The van der Waals surface area contributed by atoms with Crippen LogP contribution in [0.5, 0.6) is 11.5 Å². The second-order valence-electron chi connectivity index (χ2n) is 5.95. The number of methoxy groups -OCH3 is 1. The third-order valence-corrected chi connectivity index (χ3v) is 3.85. The largest absolute Gasteiger partial charge is 0.469 e. The van der Waals surface area contributed by atoms with E-state index in [0.717, 1.165) is 11.2 Å². The molecule has 3 aromatic rings. The highest BCUT2D eigenvalue weighted by atomic mass is 19.1. The van der Waals surface area contributed by atoms with E-state index in [9.17, 15) is 14.0 Å². The van der Waals surface area contributed by atoms with Crippen LogP contribution in [-0.4, -0.2) is 30.5 Å². The summed E-state index contributed by atoms with van der Waals surface area (Å²) in [6, 6.07) is 11.4. The number of nitrogens with one attached hydrogen (secondary N) is 2. The van der Waals surface area contributed by atoms with Gasteiger partial charge in [-0.3, -0.25) is 9.59 Å². The van der Waals surface area contributed by atoms with Gasteiger partial charge >= 0.3 is 5.97 Å². The minimum Gasteiger partial charge on any atom is -0.469 e. The van der Waals surface area contributed by atoms with Crippen molar-refractivity contribution in [1.82, 2.24) is 10.3 Å². The van der Waals surface area contributed by atoms with Gasteiger partial charge in [-0.05, 0) is 56.3 Å². The lowest BCUT2D eigenvalue weighted by Crippen LogP contribution is -2.22. The Labute approximate surface area is 162 Å². The molecule has 7 heteroatoms. The van der Waals surface area contributed by atoms with E-state index in [1.807, 2.05) is 13.8 Å². The second kappa shape index (κ2) is 9.55. The Morgan fingerprint density at radius 1 is 1.14 bits per heavy atom. The predicted octanol–water partition coefficient (Wildman–Crippen LogP) is 4.34. The quantitative estimate of drug-likeness (QED) is 0.654. The molecule has 28 heavy (non-hydrogen) atoms. The molecule has 1 amide bonds. The summed E-state index contributed by atoms with van der Waals surface area (Å²) in [5.41, 5.74) is 2.21. The number of hydrogen-bond donors (Lipinski definition) is 2. The summed E-state index contributed by atoms with van der Waals surface area (Å²) >= 11 is 0. The summed E-state index contributed by atoms with van der Waals surface area (Å²) in [5.74, 6) is 0.499. The summed E-state index contributed by atoms with van der Waals surface area (Å²) in [7, 11) is 1.35. The number of aromatic nitrogens is 1. The van der Waals surface area contributed by atoms with Crippen LogP contribution < -0.4 is 10.1 Å². The van der Waals surface area contributed by atoms with E-state index in [2.05, 4.69) is 15.0 Å². The van der Waals surface area contributed by atoms with Crippen LogP contribution in [0.3, 0.4) is 0 Å². The molecular weight excluding hydrogens is 363 g/mol. The van der Waals surface area contributed by atoms with Crippen LogP contribution in [0.2, 0.25) is 0 Å². The van der Waals surface area contributed by atoms with E-state index in [-0.39, 0.29) is 17.7 Å². The molecule has 0 fully saturated rings. The maximum Gasteiger partial charge on any atom is 0.302 e. The number of halogens is 1. The number of esters is 1. The Balaban J connectivity index is 0.000000500. The lowest BCUT2D eigenvalue weighted by Gasteiger charge is -2.07. The highest BCUT2D eigenvalue weighted by Gasteiger charge is 2.12. The average Bonchev–Trinajstić information content (AvgIpc) is 2.98. The maximum absolute atomic E-state index is 13.5. The first-order valence-corrected chi connectivity index (χ1v) is 8.74. The van der Waals surface area contributed by atoms with E-state index in [0.29, 0.717) is 29.0 Å². The predicted molar refractivity (Wildman–Crippen MR) is 105 cm³/mol. The van der Waals surface area contributed by atoms with E-state index < -0.39 is 0 Å². The van der Waals surface area contributed by atoms with Gasteiger partial charge < -0.3 is 19.8 Å². The number of rotatable bonds is 4. The lowest BCUT2D eigenvalue weighted by atomic mass is 10.2. The van der Waals surface area contributed by atoms with Gasteiger partial charge in [0.15, 0.2) is 5.75 Å². The molecule has 148 valence electrons. The van der Waals surface area contributed by atoms with E-state index in [1.165, 1.54) is 26.2 Å². The van der Waals surface area contributed by atoms with Crippen molar-refractivity contribution < 1.29 is 23.5 Å². The number of amides is 1. The molecule has 0 unspecified atom stereocenters. The van der Waals surface area contributed by atoms with Gasteiger partial charge in [0.1, 0.15) is 11.6 Å². The molecule has 0 saturated heterocycles. The van der Waals surface area contributed by atoms with Crippen molar-refractivity contribution in [2.45, 2.75) is 20.8 Å². The number of carbonyl (C=O) groups is 2. The number of aryl methyl sites for hydroxylation is 1. The molecule has 2 N–H and O–H groups in total. The van der Waals surface area contributed by atoms with E-state index >= 15 is 0 Å². The van der Waals surface area contributed by atoms with Gasteiger partial charge in [0.05, 0.1) is 12.8 Å². The standard InChI is InChI=1S/C18H17FN2O2.C3H6O2/c1-3-20-18(22)12-4-7-14(8-5-12)23-17-11(2)21-16-9-6-13(19)10-15(16)17;1-3(4)5-2/h4-10,21H,3H2,1-2H3,(H,20,22);1-2H3. The van der Waals surface area contributed by atoms with Crippen molar-refractivity contribution in [3.63, 3.8) is 0 Å². The summed E-state index contributed by atoms with van der Waals surface area (Å²) in [6.45, 7) is 5.68. The third kappa shape index (κ3) is 5.33. The zero-order valence-corrected chi connectivity index (χ0v) is 16.3. The minimum atomic E-state index is -0.312. The number of hydrogen-bond acceptors (Lipinski definition) is 4. The molecule has 3 rings (SSSR count). The summed E-state index contributed by atoms with van der Waals surface area (Å²) in [4.78, 5) is 24.5. The van der Waals surface area contributed by atoms with Crippen LogP contribution in [-0.2, 0) is 9.53 Å². The lowest BCUT2D eigenvalue weighted by molar-refractivity contribution is -0.137. The SMILES string of the molecule is CCNC(=O)c1ccc(Oc2c(C)[nH]c3ccc(F)cc23)cc1.COC(C)=O. The van der Waals surface area contributed by atoms with Crippen LogP contribution in [0.4, 0.5) is 4.39 Å². The van der Waals surface area contributed by atoms with Crippen LogP contribution >= 0.6 is 0 Å². The Bertz CT molecular complexity index is 964. The van der Waals surface area contributed by atoms with Gasteiger partial charge in [-0.15, -0.1) is 0 Å². The number of carbonyl (C=O) groups excluding carboxylic acids is 2. The molecule has 6 nitrogen and oxygen atoms in total. The zero-order valence-electron chi connectivity index (χ0n) is 16.3. The fourth-order valence-corrected chi connectivity index (χ4v) is 2.46. The fraction of sp³-hybridized carbons (Fsp3) is 0.238. The summed E-state index contributed by atoms with van der Waals surface area (Å²) in [6.07, 6.45) is 0. The third-order valence-electron chi connectivity index (χ3n) is 3.85. The highest BCUT2D eigenvalue weighted by molar-refractivity contribution is 5.94. The van der Waals surface area contributed by atoms with Crippen LogP contribution in [0.1, 0.15) is 29.9 Å². The summed E-state index contributed by atoms with van der Waals surface area (Å²) in [5, 5.41) is 3.43. The van der Waals surface area contributed by atoms with Crippen molar-refractivity contribution in [3.05, 3.63) is 59.5 Å². The molecule has 0 radical (unpaired) electrons. The Kier molecular flexibility index (Phi) is 7.14. The smallest absolute Gasteiger partial charge is 0.302 e. The maximum atomic E-state index is 13.5. The van der Waals surface area contributed by atoms with Gasteiger partial charge in [0.25, 0.3) is 5.91 Å². The summed E-state index contributed by atoms with van der Waals surface area (Å²) < 4.78 is 23.5. The van der Waals surface area contributed by atoms with Crippen molar-refractivity contribution >= 4 is 22.8 Å². The molecule has 1 aromatic heterocycles. The monoisotopic (exact) mass is 386 g/mol. The molecule has 1 heterocycles. The molecule has 0 aliphatic rings. The van der Waals surface area contributed by atoms with Crippen molar-refractivity contribution in [2.75, 3.05) is 13.7 Å². The van der Waals surface area contributed by atoms with Gasteiger partial charge in [0, 0.05) is 29.9 Å². The molecular formula is C21H23FN2O4. The zero-order chi connectivity index (χ0) is 20.7. The van der Waals surface area contributed by atoms with Crippen LogP contribution in [0.25, 0.3) is 10.9 Å². The molecule has 2 aromatic carbocycles. The number of fused-ring (bicyclic) bond motifs is 1. The number of H-pyrrole nitrogens is 1. The molecule has 0 aliphatic heterocycles. The molecule has 0 bridgehead atoms. The molecule has 0 spiro atoms. The minimum absolute atomic E-state index is 0.121. The van der Waals surface area contributed by atoms with E-state index in [4.69, 9.17) is 4.74 Å². The van der Waals surface area contributed by atoms with Crippen molar-refractivity contribution in [3.8, 4) is 11.5 Å². The first kappa shape index (κ1) is 21.0. The topological polar surface area (TPSA) is 80.4 Å². The molecule has 0 aliphatic carbocycles. The van der Waals surface area contributed by atoms with Gasteiger partial charge in [-0.1, -0.05) is 0 Å².